The molecule has 0 bridgehead atoms. The first-order chi connectivity index (χ1) is 8.15. The Hall–Kier alpha value is -2.60. The van der Waals surface area contributed by atoms with Crippen LogP contribution in [0.4, 0.5) is 0 Å². The molecule has 0 saturated carbocycles. The predicted octanol–water partition coefficient (Wildman–Crippen LogP) is 2.52. The zero-order valence-electron chi connectivity index (χ0n) is 9.47. The van der Waals surface area contributed by atoms with Gasteiger partial charge in [-0.25, -0.2) is 0 Å². The molecular formula is C14H14N2O. The molecule has 3 heteroatoms. The molecule has 86 valence electrons. The van der Waals surface area contributed by atoms with E-state index in [2.05, 4.69) is 13.2 Å². The van der Waals surface area contributed by atoms with Crippen LogP contribution in [0.25, 0.3) is 12.2 Å². The number of amides is 1. The van der Waals surface area contributed by atoms with Gasteiger partial charge in [0.05, 0.1) is 6.07 Å². The molecular weight excluding hydrogens is 212 g/mol. The third kappa shape index (κ3) is 6.47. The fourth-order valence-electron chi connectivity index (χ4n) is 1.02. The van der Waals surface area contributed by atoms with Crippen LogP contribution in [-0.4, -0.2) is 5.91 Å². The average molecular weight is 226 g/mol. The van der Waals surface area contributed by atoms with Crippen LogP contribution in [0.5, 0.6) is 0 Å². The zero-order valence-corrected chi connectivity index (χ0v) is 9.47. The molecule has 0 atom stereocenters. The lowest BCUT2D eigenvalue weighted by Gasteiger charge is -1.97. The van der Waals surface area contributed by atoms with E-state index in [4.69, 9.17) is 11.0 Å². The Morgan fingerprint density at radius 3 is 2.24 bits per heavy atom. The SMILES string of the molecule is C=CC#N.C=Cc1ccccc1C=CC(N)=O. The molecule has 1 aromatic rings. The van der Waals surface area contributed by atoms with E-state index in [0.717, 1.165) is 11.1 Å². The lowest BCUT2D eigenvalue weighted by Crippen LogP contribution is -2.05. The molecule has 3 nitrogen and oxygen atoms in total. The molecule has 1 amide bonds. The van der Waals surface area contributed by atoms with Crippen LogP contribution in [-0.2, 0) is 4.79 Å². The molecule has 17 heavy (non-hydrogen) atoms. The highest BCUT2D eigenvalue weighted by atomic mass is 16.1. The quantitative estimate of drug-likeness (QED) is 0.635. The van der Waals surface area contributed by atoms with E-state index in [9.17, 15) is 4.79 Å². The maximum atomic E-state index is 10.5. The van der Waals surface area contributed by atoms with Gasteiger partial charge in [-0.2, -0.15) is 5.26 Å². The Balaban J connectivity index is 0.000000557. The summed E-state index contributed by atoms with van der Waals surface area (Å²) < 4.78 is 0. The van der Waals surface area contributed by atoms with Crippen molar-refractivity contribution >= 4 is 18.1 Å². The second-order valence-corrected chi connectivity index (χ2v) is 2.90. The summed E-state index contributed by atoms with van der Waals surface area (Å²) in [7, 11) is 0. The van der Waals surface area contributed by atoms with Crippen molar-refractivity contribution in [3.63, 3.8) is 0 Å². The second kappa shape index (κ2) is 8.69. The minimum atomic E-state index is -0.445. The van der Waals surface area contributed by atoms with Gasteiger partial charge >= 0.3 is 0 Å². The predicted molar refractivity (Wildman–Crippen MR) is 70.6 cm³/mol. The molecule has 1 aromatic carbocycles. The summed E-state index contributed by atoms with van der Waals surface area (Å²) in [5.74, 6) is -0.445. The number of benzene rings is 1. The first-order valence-electron chi connectivity index (χ1n) is 4.85. The Morgan fingerprint density at radius 2 is 1.82 bits per heavy atom. The molecule has 0 unspecified atom stereocenters. The van der Waals surface area contributed by atoms with E-state index in [1.807, 2.05) is 24.3 Å². The molecule has 0 aliphatic rings. The van der Waals surface area contributed by atoms with Crippen molar-refractivity contribution in [2.45, 2.75) is 0 Å². The van der Waals surface area contributed by atoms with E-state index in [1.54, 1.807) is 18.2 Å². The first-order valence-corrected chi connectivity index (χ1v) is 4.85. The van der Waals surface area contributed by atoms with E-state index in [1.165, 1.54) is 12.2 Å². The van der Waals surface area contributed by atoms with Gasteiger partial charge in [-0.15, -0.1) is 0 Å². The third-order valence-electron chi connectivity index (χ3n) is 1.73. The van der Waals surface area contributed by atoms with Crippen molar-refractivity contribution in [1.82, 2.24) is 0 Å². The second-order valence-electron chi connectivity index (χ2n) is 2.90. The van der Waals surface area contributed by atoms with Crippen LogP contribution in [0, 0.1) is 11.3 Å². The molecule has 0 aliphatic heterocycles. The van der Waals surface area contributed by atoms with Gasteiger partial charge in [0.15, 0.2) is 0 Å². The fourth-order valence-corrected chi connectivity index (χ4v) is 1.02. The smallest absolute Gasteiger partial charge is 0.241 e. The Kier molecular flexibility index (Phi) is 7.36. The van der Waals surface area contributed by atoms with E-state index in [0.29, 0.717) is 0 Å². The van der Waals surface area contributed by atoms with Crippen molar-refractivity contribution in [3.8, 4) is 6.07 Å². The highest BCUT2D eigenvalue weighted by Crippen LogP contribution is 2.11. The summed E-state index contributed by atoms with van der Waals surface area (Å²) in [5.41, 5.74) is 6.91. The number of carbonyl (C=O) groups excluding carboxylic acids is 1. The number of nitriles is 1. The Labute approximate surface area is 101 Å². The monoisotopic (exact) mass is 226 g/mol. The van der Waals surface area contributed by atoms with Crippen LogP contribution in [0.3, 0.4) is 0 Å². The van der Waals surface area contributed by atoms with Crippen molar-refractivity contribution in [1.29, 1.82) is 5.26 Å². The highest BCUT2D eigenvalue weighted by molar-refractivity contribution is 5.90. The van der Waals surface area contributed by atoms with Crippen LogP contribution in [0.1, 0.15) is 11.1 Å². The molecule has 0 spiro atoms. The standard InChI is InChI=1S/C11H11NO.C3H3N/c1-2-9-5-3-4-6-10(9)7-8-11(12)13;1-2-3-4/h2-8H,1H2,(H2,12,13);2H,1H2. The number of nitrogens with zero attached hydrogens (tertiary/aromatic N) is 1. The van der Waals surface area contributed by atoms with E-state index < -0.39 is 5.91 Å². The van der Waals surface area contributed by atoms with Crippen LogP contribution < -0.4 is 5.73 Å². The van der Waals surface area contributed by atoms with Gasteiger partial charge in [-0.3, -0.25) is 4.79 Å². The van der Waals surface area contributed by atoms with Gasteiger partial charge in [-0.1, -0.05) is 43.5 Å². The third-order valence-corrected chi connectivity index (χ3v) is 1.73. The highest BCUT2D eigenvalue weighted by Gasteiger charge is 1.92. The topological polar surface area (TPSA) is 66.9 Å². The van der Waals surface area contributed by atoms with E-state index in [-0.39, 0.29) is 0 Å². The number of primary amides is 1. The molecule has 2 N–H and O–H groups in total. The lowest BCUT2D eigenvalue weighted by atomic mass is 10.1. The summed E-state index contributed by atoms with van der Waals surface area (Å²) in [4.78, 5) is 10.5. The summed E-state index contributed by atoms with van der Waals surface area (Å²) in [6, 6.07) is 9.33. The summed E-state index contributed by atoms with van der Waals surface area (Å²) in [6.45, 7) is 6.79. The van der Waals surface area contributed by atoms with Crippen molar-refractivity contribution in [2.75, 3.05) is 0 Å². The van der Waals surface area contributed by atoms with Gasteiger partial charge in [0.1, 0.15) is 0 Å². The van der Waals surface area contributed by atoms with Gasteiger partial charge < -0.3 is 5.73 Å². The minimum absolute atomic E-state index is 0.445. The average Bonchev–Trinajstić information content (AvgIpc) is 2.37. The van der Waals surface area contributed by atoms with Crippen LogP contribution in [0.2, 0.25) is 0 Å². The van der Waals surface area contributed by atoms with Gasteiger partial charge in [-0.05, 0) is 17.2 Å². The number of nitrogens with two attached hydrogens (primary N) is 1. The number of hydrogen-bond acceptors (Lipinski definition) is 2. The summed E-state index contributed by atoms with van der Waals surface area (Å²) in [5, 5.41) is 7.51. The van der Waals surface area contributed by atoms with Gasteiger partial charge in [0, 0.05) is 12.2 Å². The van der Waals surface area contributed by atoms with E-state index >= 15 is 0 Å². The lowest BCUT2D eigenvalue weighted by molar-refractivity contribution is -0.113. The largest absolute Gasteiger partial charge is 0.366 e. The number of rotatable bonds is 3. The van der Waals surface area contributed by atoms with Crippen molar-refractivity contribution < 1.29 is 4.79 Å². The summed E-state index contributed by atoms with van der Waals surface area (Å²) >= 11 is 0. The molecule has 0 heterocycles. The van der Waals surface area contributed by atoms with Crippen molar-refractivity contribution in [2.24, 2.45) is 5.73 Å². The Bertz CT molecular complexity index is 467. The maximum absolute atomic E-state index is 10.5. The maximum Gasteiger partial charge on any atom is 0.241 e. The zero-order chi connectivity index (χ0) is 13.1. The van der Waals surface area contributed by atoms with Crippen LogP contribution in [0.15, 0.2) is 49.6 Å². The number of carbonyl (C=O) groups is 1. The van der Waals surface area contributed by atoms with Crippen molar-refractivity contribution in [3.05, 3.63) is 60.7 Å². The fraction of sp³-hybridized carbons (Fsp3) is 0. The molecule has 0 saturated heterocycles. The molecule has 0 fully saturated rings. The number of hydrogen-bond donors (Lipinski definition) is 1. The van der Waals surface area contributed by atoms with Gasteiger partial charge in [0.2, 0.25) is 5.91 Å². The number of allylic oxidation sites excluding steroid dienone is 1. The molecule has 0 radical (unpaired) electrons. The molecule has 0 aliphatic carbocycles. The minimum Gasteiger partial charge on any atom is -0.366 e. The van der Waals surface area contributed by atoms with Gasteiger partial charge in [0.25, 0.3) is 0 Å². The molecule has 1 rings (SSSR count). The Morgan fingerprint density at radius 1 is 1.29 bits per heavy atom. The van der Waals surface area contributed by atoms with Crippen LogP contribution >= 0.6 is 0 Å². The normalized spacial score (nSPS) is 8.65. The first kappa shape index (κ1) is 14.4. The summed E-state index contributed by atoms with van der Waals surface area (Å²) in [6.07, 6.45) is 5.93. The molecule has 0 aromatic heterocycles.